The van der Waals surface area contributed by atoms with Gasteiger partial charge >= 0.3 is 0 Å². The minimum atomic E-state index is -1.00. The van der Waals surface area contributed by atoms with Gasteiger partial charge in [0.15, 0.2) is 11.6 Å². The van der Waals surface area contributed by atoms with Gasteiger partial charge < -0.3 is 10.0 Å². The number of hydrogen-bond donors (Lipinski definition) is 1. The van der Waals surface area contributed by atoms with Gasteiger partial charge in [0.25, 0.3) is 5.91 Å². The Morgan fingerprint density at radius 1 is 1.29 bits per heavy atom. The molecule has 2 aliphatic rings. The first-order chi connectivity index (χ1) is 11.5. The van der Waals surface area contributed by atoms with Crippen LogP contribution in [-0.4, -0.2) is 59.6 Å². The van der Waals surface area contributed by atoms with E-state index in [1.165, 1.54) is 6.07 Å². The lowest BCUT2D eigenvalue weighted by Crippen LogP contribution is -2.57. The van der Waals surface area contributed by atoms with Crippen molar-refractivity contribution >= 4 is 5.91 Å². The summed E-state index contributed by atoms with van der Waals surface area (Å²) in [6.07, 6.45) is 4.21. The quantitative estimate of drug-likeness (QED) is 0.896. The van der Waals surface area contributed by atoms with Gasteiger partial charge in [0.05, 0.1) is 6.10 Å². The molecule has 1 aromatic carbocycles. The molecule has 24 heavy (non-hydrogen) atoms. The van der Waals surface area contributed by atoms with Crippen LogP contribution in [0.5, 0.6) is 0 Å². The van der Waals surface area contributed by atoms with E-state index in [1.54, 1.807) is 11.9 Å². The molecule has 4 nitrogen and oxygen atoms in total. The van der Waals surface area contributed by atoms with E-state index < -0.39 is 11.6 Å². The minimum absolute atomic E-state index is 0.0283. The second-order valence-electron chi connectivity index (χ2n) is 7.03. The number of nitrogens with zero attached hydrogens (tertiary/aromatic N) is 2. The van der Waals surface area contributed by atoms with E-state index in [1.807, 2.05) is 0 Å². The Bertz CT molecular complexity index is 599. The number of amides is 1. The van der Waals surface area contributed by atoms with Crippen LogP contribution < -0.4 is 0 Å². The SMILES string of the molecule is CN(C(=O)c1ccc(F)c(F)c1)C(CN1CC(O)C1)C1CCCC1. The van der Waals surface area contributed by atoms with Gasteiger partial charge in [-0.1, -0.05) is 12.8 Å². The summed E-state index contributed by atoms with van der Waals surface area (Å²) in [5, 5.41) is 9.48. The Balaban J connectivity index is 1.74. The van der Waals surface area contributed by atoms with Crippen molar-refractivity contribution in [1.82, 2.24) is 9.80 Å². The van der Waals surface area contributed by atoms with E-state index in [4.69, 9.17) is 0 Å². The average molecular weight is 338 g/mol. The number of carbonyl (C=O) groups is 1. The molecule has 1 aromatic rings. The molecule has 6 heteroatoms. The zero-order valence-electron chi connectivity index (χ0n) is 13.9. The number of carbonyl (C=O) groups excluding carboxylic acids is 1. The number of likely N-dealkylation sites (tertiary alicyclic amines) is 1. The average Bonchev–Trinajstić information content (AvgIpc) is 3.06. The summed E-state index contributed by atoms with van der Waals surface area (Å²) < 4.78 is 26.5. The molecule has 3 rings (SSSR count). The molecule has 1 aliphatic carbocycles. The second-order valence-corrected chi connectivity index (χ2v) is 7.03. The number of rotatable bonds is 5. The van der Waals surface area contributed by atoms with Gasteiger partial charge in [0.2, 0.25) is 0 Å². The van der Waals surface area contributed by atoms with Gasteiger partial charge in [-0.15, -0.1) is 0 Å². The zero-order valence-corrected chi connectivity index (χ0v) is 13.9. The summed E-state index contributed by atoms with van der Waals surface area (Å²) in [6.45, 7) is 1.99. The predicted molar refractivity (Wildman–Crippen MR) is 86.6 cm³/mol. The Morgan fingerprint density at radius 3 is 2.54 bits per heavy atom. The van der Waals surface area contributed by atoms with E-state index in [9.17, 15) is 18.7 Å². The van der Waals surface area contributed by atoms with Crippen molar-refractivity contribution in [3.05, 3.63) is 35.4 Å². The van der Waals surface area contributed by atoms with Crippen molar-refractivity contribution in [3.63, 3.8) is 0 Å². The molecule has 0 spiro atoms. The van der Waals surface area contributed by atoms with Crippen molar-refractivity contribution in [2.45, 2.75) is 37.8 Å². The zero-order chi connectivity index (χ0) is 17.3. The third kappa shape index (κ3) is 3.59. The van der Waals surface area contributed by atoms with Gasteiger partial charge in [-0.3, -0.25) is 9.69 Å². The van der Waals surface area contributed by atoms with E-state index in [2.05, 4.69) is 4.90 Å². The highest BCUT2D eigenvalue weighted by molar-refractivity contribution is 5.94. The third-order valence-electron chi connectivity index (χ3n) is 5.31. The highest BCUT2D eigenvalue weighted by Crippen LogP contribution is 2.31. The molecule has 132 valence electrons. The van der Waals surface area contributed by atoms with Crippen LogP contribution in [0.4, 0.5) is 8.78 Å². The van der Waals surface area contributed by atoms with E-state index >= 15 is 0 Å². The van der Waals surface area contributed by atoms with Gasteiger partial charge in [-0.2, -0.15) is 0 Å². The molecule has 1 amide bonds. The summed E-state index contributed by atoms with van der Waals surface area (Å²) in [7, 11) is 1.74. The molecule has 1 unspecified atom stereocenters. The fourth-order valence-electron chi connectivity index (χ4n) is 3.87. The van der Waals surface area contributed by atoms with Crippen LogP contribution in [0.15, 0.2) is 18.2 Å². The maximum atomic E-state index is 13.4. The summed E-state index contributed by atoms with van der Waals surface area (Å²) >= 11 is 0. The first-order valence-corrected chi connectivity index (χ1v) is 8.58. The summed E-state index contributed by atoms with van der Waals surface area (Å²) in [5.74, 6) is -1.82. The number of likely N-dealkylation sites (N-methyl/N-ethyl adjacent to an activating group) is 1. The van der Waals surface area contributed by atoms with Crippen LogP contribution in [0.2, 0.25) is 0 Å². The normalized spacial score (nSPS) is 20.8. The van der Waals surface area contributed by atoms with Gasteiger partial charge in [0, 0.05) is 38.3 Å². The van der Waals surface area contributed by atoms with Gasteiger partial charge in [-0.05, 0) is 37.0 Å². The monoisotopic (exact) mass is 338 g/mol. The molecule has 1 N–H and O–H groups in total. The molecule has 1 aliphatic heterocycles. The predicted octanol–water partition coefficient (Wildman–Crippen LogP) is 2.27. The first kappa shape index (κ1) is 17.3. The van der Waals surface area contributed by atoms with Gasteiger partial charge in [-0.25, -0.2) is 8.78 Å². The van der Waals surface area contributed by atoms with E-state index in [0.29, 0.717) is 25.6 Å². The van der Waals surface area contributed by atoms with Crippen molar-refractivity contribution in [1.29, 1.82) is 0 Å². The molecule has 0 aromatic heterocycles. The topological polar surface area (TPSA) is 43.8 Å². The molecular weight excluding hydrogens is 314 g/mol. The number of aliphatic hydroxyl groups excluding tert-OH is 1. The van der Waals surface area contributed by atoms with Crippen LogP contribution in [0.1, 0.15) is 36.0 Å². The fourth-order valence-corrected chi connectivity index (χ4v) is 3.87. The van der Waals surface area contributed by atoms with Crippen LogP contribution in [-0.2, 0) is 0 Å². The molecule has 1 saturated heterocycles. The molecule has 1 atom stereocenters. The van der Waals surface area contributed by atoms with Crippen molar-refractivity contribution < 1.29 is 18.7 Å². The number of β-amino-alcohol motifs (C(OH)–C–C–N with tert-alkyl or cyclic N) is 1. The lowest BCUT2D eigenvalue weighted by Gasteiger charge is -2.42. The highest BCUT2D eigenvalue weighted by atomic mass is 19.2. The fraction of sp³-hybridized carbons (Fsp3) is 0.611. The number of hydrogen-bond acceptors (Lipinski definition) is 3. The van der Waals surface area contributed by atoms with Crippen molar-refractivity contribution in [2.24, 2.45) is 5.92 Å². The van der Waals surface area contributed by atoms with Crippen LogP contribution in [0.25, 0.3) is 0 Å². The van der Waals surface area contributed by atoms with Crippen molar-refractivity contribution in [3.8, 4) is 0 Å². The summed E-state index contributed by atoms with van der Waals surface area (Å²) in [5.41, 5.74) is 0.169. The highest BCUT2D eigenvalue weighted by Gasteiger charge is 2.35. The number of halogens is 2. The maximum absolute atomic E-state index is 13.4. The van der Waals surface area contributed by atoms with Crippen LogP contribution >= 0.6 is 0 Å². The molecule has 2 fully saturated rings. The van der Waals surface area contributed by atoms with Crippen molar-refractivity contribution in [2.75, 3.05) is 26.7 Å². The molecule has 0 radical (unpaired) electrons. The molecular formula is C18H24F2N2O2. The summed E-state index contributed by atoms with van der Waals surface area (Å²) in [4.78, 5) is 16.5. The second kappa shape index (κ2) is 7.15. The Kier molecular flexibility index (Phi) is 5.15. The van der Waals surface area contributed by atoms with E-state index in [0.717, 1.165) is 37.8 Å². The lowest BCUT2D eigenvalue weighted by molar-refractivity contribution is -0.0166. The van der Waals surface area contributed by atoms with E-state index in [-0.39, 0.29) is 23.6 Å². The largest absolute Gasteiger partial charge is 0.390 e. The third-order valence-corrected chi connectivity index (χ3v) is 5.31. The minimum Gasteiger partial charge on any atom is -0.390 e. The van der Waals surface area contributed by atoms with Gasteiger partial charge in [0.1, 0.15) is 0 Å². The standard InChI is InChI=1S/C18H24F2N2O2/c1-21(18(24)13-6-7-15(19)16(20)8-13)17(12-4-2-3-5-12)11-22-9-14(23)10-22/h6-8,12,14,17,23H,2-5,9-11H2,1H3. The Morgan fingerprint density at radius 2 is 1.96 bits per heavy atom. The first-order valence-electron chi connectivity index (χ1n) is 8.58. The smallest absolute Gasteiger partial charge is 0.254 e. The Labute approximate surface area is 141 Å². The van der Waals surface area contributed by atoms with Crippen LogP contribution in [0.3, 0.4) is 0 Å². The van der Waals surface area contributed by atoms with Crippen LogP contribution in [0, 0.1) is 17.6 Å². The lowest BCUT2D eigenvalue weighted by atomic mass is 9.94. The summed E-state index contributed by atoms with van der Waals surface area (Å²) in [6, 6.07) is 3.32. The Hall–Kier alpha value is -1.53. The maximum Gasteiger partial charge on any atom is 0.254 e. The molecule has 1 saturated carbocycles. The molecule has 0 bridgehead atoms. The number of benzene rings is 1. The number of aliphatic hydroxyl groups is 1. The molecule has 1 heterocycles.